The normalized spacial score (nSPS) is 23.0. The maximum absolute atomic E-state index is 6.03. The topological polar surface area (TPSA) is 34.2 Å². The summed E-state index contributed by atoms with van der Waals surface area (Å²) in [5.41, 5.74) is 3.82. The minimum Gasteiger partial charge on any atom is -0.364 e. The van der Waals surface area contributed by atoms with Gasteiger partial charge in [0.05, 0.1) is 17.9 Å². The molecular formula is C12H16N2O. The summed E-state index contributed by atoms with van der Waals surface area (Å²) in [6.07, 6.45) is 4.04. The van der Waals surface area contributed by atoms with Gasteiger partial charge in [0, 0.05) is 11.8 Å². The molecule has 1 fully saturated rings. The van der Waals surface area contributed by atoms with E-state index in [4.69, 9.17) is 4.74 Å². The molecule has 3 heterocycles. The largest absolute Gasteiger partial charge is 0.364 e. The fourth-order valence-electron chi connectivity index (χ4n) is 2.85. The van der Waals surface area contributed by atoms with Crippen molar-refractivity contribution in [1.82, 2.24) is 10.3 Å². The third-order valence-corrected chi connectivity index (χ3v) is 3.59. The van der Waals surface area contributed by atoms with Crippen molar-refractivity contribution in [2.75, 3.05) is 13.1 Å². The van der Waals surface area contributed by atoms with Crippen LogP contribution < -0.4 is 5.32 Å². The van der Waals surface area contributed by atoms with Crippen LogP contribution in [0.1, 0.15) is 29.7 Å². The van der Waals surface area contributed by atoms with Gasteiger partial charge in [-0.3, -0.25) is 4.98 Å². The van der Waals surface area contributed by atoms with Gasteiger partial charge in [-0.2, -0.15) is 0 Å². The predicted molar refractivity (Wildman–Crippen MR) is 57.5 cm³/mol. The Labute approximate surface area is 89.9 Å². The highest BCUT2D eigenvalue weighted by Crippen LogP contribution is 2.43. The SMILES string of the molecule is Cc1ccnc2c1C1(CCNCC1)OC2. The van der Waals surface area contributed by atoms with Crippen LogP contribution in [-0.4, -0.2) is 18.1 Å². The first-order valence-electron chi connectivity index (χ1n) is 5.61. The molecule has 2 aliphatic rings. The maximum Gasteiger partial charge on any atom is 0.0981 e. The summed E-state index contributed by atoms with van der Waals surface area (Å²) >= 11 is 0. The van der Waals surface area contributed by atoms with Crippen molar-refractivity contribution in [3.63, 3.8) is 0 Å². The van der Waals surface area contributed by atoms with Gasteiger partial charge in [-0.1, -0.05) is 0 Å². The Balaban J connectivity index is 2.09. The molecule has 1 aromatic heterocycles. The second-order valence-electron chi connectivity index (χ2n) is 4.48. The van der Waals surface area contributed by atoms with Crippen LogP contribution in [0.25, 0.3) is 0 Å². The lowest BCUT2D eigenvalue weighted by Crippen LogP contribution is -2.39. The van der Waals surface area contributed by atoms with Crippen LogP contribution in [-0.2, 0) is 16.9 Å². The molecule has 3 heteroatoms. The Morgan fingerprint density at radius 1 is 1.40 bits per heavy atom. The van der Waals surface area contributed by atoms with Gasteiger partial charge in [0.15, 0.2) is 0 Å². The Morgan fingerprint density at radius 2 is 2.20 bits per heavy atom. The lowest BCUT2D eigenvalue weighted by molar-refractivity contribution is -0.0596. The number of hydrogen-bond donors (Lipinski definition) is 1. The van der Waals surface area contributed by atoms with Gasteiger partial charge in [0.1, 0.15) is 0 Å². The third kappa shape index (κ3) is 1.30. The summed E-state index contributed by atoms with van der Waals surface area (Å²) in [4.78, 5) is 4.42. The number of hydrogen-bond acceptors (Lipinski definition) is 3. The van der Waals surface area contributed by atoms with Crippen LogP contribution in [0.3, 0.4) is 0 Å². The van der Waals surface area contributed by atoms with E-state index in [-0.39, 0.29) is 5.60 Å². The van der Waals surface area contributed by atoms with Crippen LogP contribution >= 0.6 is 0 Å². The first-order valence-corrected chi connectivity index (χ1v) is 5.61. The summed E-state index contributed by atoms with van der Waals surface area (Å²) in [5, 5.41) is 3.39. The van der Waals surface area contributed by atoms with E-state index in [1.165, 1.54) is 11.1 Å². The molecular weight excluding hydrogens is 188 g/mol. The molecule has 0 saturated carbocycles. The summed E-state index contributed by atoms with van der Waals surface area (Å²) < 4.78 is 6.03. The second kappa shape index (κ2) is 3.29. The molecule has 1 saturated heterocycles. The fraction of sp³-hybridized carbons (Fsp3) is 0.583. The Kier molecular flexibility index (Phi) is 2.04. The van der Waals surface area contributed by atoms with E-state index in [1.807, 2.05) is 6.20 Å². The molecule has 0 aromatic carbocycles. The van der Waals surface area contributed by atoms with Crippen molar-refractivity contribution in [3.8, 4) is 0 Å². The van der Waals surface area contributed by atoms with Gasteiger partial charge in [-0.25, -0.2) is 0 Å². The summed E-state index contributed by atoms with van der Waals surface area (Å²) in [6, 6.07) is 2.09. The molecule has 0 bridgehead atoms. The number of nitrogens with zero attached hydrogens (tertiary/aromatic N) is 1. The Morgan fingerprint density at radius 3 is 3.00 bits per heavy atom. The second-order valence-corrected chi connectivity index (χ2v) is 4.48. The van der Waals surface area contributed by atoms with Gasteiger partial charge >= 0.3 is 0 Å². The van der Waals surface area contributed by atoms with Crippen molar-refractivity contribution in [2.45, 2.75) is 32.0 Å². The number of ether oxygens (including phenoxy) is 1. The molecule has 0 radical (unpaired) electrons. The zero-order valence-corrected chi connectivity index (χ0v) is 9.05. The molecule has 1 N–H and O–H groups in total. The lowest BCUT2D eigenvalue weighted by atomic mass is 9.83. The Bertz CT molecular complexity index is 378. The van der Waals surface area contributed by atoms with Gasteiger partial charge in [0.2, 0.25) is 0 Å². The monoisotopic (exact) mass is 204 g/mol. The van der Waals surface area contributed by atoms with Crippen molar-refractivity contribution in [1.29, 1.82) is 0 Å². The molecule has 0 unspecified atom stereocenters. The number of piperidine rings is 1. The summed E-state index contributed by atoms with van der Waals surface area (Å²) in [5.74, 6) is 0. The van der Waals surface area contributed by atoms with Gasteiger partial charge in [-0.05, 0) is 44.5 Å². The lowest BCUT2D eigenvalue weighted by Gasteiger charge is -2.34. The van der Waals surface area contributed by atoms with Crippen LogP contribution in [0.2, 0.25) is 0 Å². The molecule has 3 rings (SSSR count). The number of rotatable bonds is 0. The van der Waals surface area contributed by atoms with E-state index in [0.717, 1.165) is 31.6 Å². The predicted octanol–water partition coefficient (Wildman–Crippen LogP) is 1.50. The number of aryl methyl sites for hydroxylation is 1. The minimum atomic E-state index is -0.0288. The van der Waals surface area contributed by atoms with Gasteiger partial charge in [-0.15, -0.1) is 0 Å². The van der Waals surface area contributed by atoms with E-state index in [1.54, 1.807) is 0 Å². The van der Waals surface area contributed by atoms with Crippen molar-refractivity contribution in [2.24, 2.45) is 0 Å². The van der Waals surface area contributed by atoms with Gasteiger partial charge < -0.3 is 10.1 Å². The molecule has 1 aromatic rings. The highest BCUT2D eigenvalue weighted by atomic mass is 16.5. The molecule has 2 aliphatic heterocycles. The molecule has 80 valence electrons. The highest BCUT2D eigenvalue weighted by Gasteiger charge is 2.42. The van der Waals surface area contributed by atoms with E-state index in [2.05, 4.69) is 23.3 Å². The quantitative estimate of drug-likeness (QED) is 0.695. The van der Waals surface area contributed by atoms with Crippen LogP contribution in [0.4, 0.5) is 0 Å². The summed E-state index contributed by atoms with van der Waals surface area (Å²) in [6.45, 7) is 4.96. The fourth-order valence-corrected chi connectivity index (χ4v) is 2.85. The standard InChI is InChI=1S/C12H16N2O/c1-9-2-5-14-10-8-15-12(11(9)10)3-6-13-7-4-12/h2,5,13H,3-4,6-8H2,1H3. The Hall–Kier alpha value is -0.930. The van der Waals surface area contributed by atoms with Crippen LogP contribution in [0.5, 0.6) is 0 Å². The molecule has 1 spiro atoms. The minimum absolute atomic E-state index is 0.0288. The van der Waals surface area contributed by atoms with Crippen molar-refractivity contribution >= 4 is 0 Å². The van der Waals surface area contributed by atoms with Crippen molar-refractivity contribution < 1.29 is 4.74 Å². The number of nitrogens with one attached hydrogen (secondary N) is 1. The number of fused-ring (bicyclic) bond motifs is 2. The summed E-state index contributed by atoms with van der Waals surface area (Å²) in [7, 11) is 0. The van der Waals surface area contributed by atoms with E-state index in [0.29, 0.717) is 6.61 Å². The van der Waals surface area contributed by atoms with E-state index >= 15 is 0 Å². The van der Waals surface area contributed by atoms with Crippen LogP contribution in [0, 0.1) is 6.92 Å². The van der Waals surface area contributed by atoms with E-state index in [9.17, 15) is 0 Å². The molecule has 0 aliphatic carbocycles. The zero-order valence-electron chi connectivity index (χ0n) is 9.05. The van der Waals surface area contributed by atoms with Gasteiger partial charge in [0.25, 0.3) is 0 Å². The molecule has 3 nitrogen and oxygen atoms in total. The third-order valence-electron chi connectivity index (χ3n) is 3.59. The van der Waals surface area contributed by atoms with Crippen molar-refractivity contribution in [3.05, 3.63) is 29.1 Å². The maximum atomic E-state index is 6.03. The average Bonchev–Trinajstić information content (AvgIpc) is 2.60. The smallest absolute Gasteiger partial charge is 0.0981 e. The molecule has 0 atom stereocenters. The number of aromatic nitrogens is 1. The van der Waals surface area contributed by atoms with Crippen LogP contribution in [0.15, 0.2) is 12.3 Å². The first-order chi connectivity index (χ1) is 7.32. The molecule has 0 amide bonds. The average molecular weight is 204 g/mol. The first kappa shape index (κ1) is 9.31. The molecule has 15 heavy (non-hydrogen) atoms. The number of pyridine rings is 1. The van der Waals surface area contributed by atoms with E-state index < -0.39 is 0 Å². The highest BCUT2D eigenvalue weighted by molar-refractivity contribution is 5.37. The zero-order chi connectivity index (χ0) is 10.3.